The van der Waals surface area contributed by atoms with Gasteiger partial charge in [0.25, 0.3) is 0 Å². The van der Waals surface area contributed by atoms with E-state index in [0.717, 1.165) is 28.3 Å². The first kappa shape index (κ1) is 12.5. The van der Waals surface area contributed by atoms with Gasteiger partial charge in [-0.25, -0.2) is 14.6 Å². The van der Waals surface area contributed by atoms with Gasteiger partial charge in [-0.1, -0.05) is 12.1 Å². The van der Waals surface area contributed by atoms with Crippen molar-refractivity contribution in [1.29, 1.82) is 0 Å². The summed E-state index contributed by atoms with van der Waals surface area (Å²) in [6.07, 6.45) is 5.59. The van der Waals surface area contributed by atoms with Gasteiger partial charge in [-0.3, -0.25) is 0 Å². The van der Waals surface area contributed by atoms with Gasteiger partial charge in [-0.2, -0.15) is 5.10 Å². The molecule has 0 spiro atoms. The van der Waals surface area contributed by atoms with Crippen molar-refractivity contribution in [3.05, 3.63) is 59.8 Å². The van der Waals surface area contributed by atoms with Gasteiger partial charge >= 0.3 is 0 Å². The predicted molar refractivity (Wildman–Crippen MR) is 78.8 cm³/mol. The molecule has 0 bridgehead atoms. The fourth-order valence-corrected chi connectivity index (χ4v) is 2.25. The average molecular weight is 264 g/mol. The maximum atomic E-state index is 4.59. The van der Waals surface area contributed by atoms with Crippen LogP contribution in [-0.2, 0) is 0 Å². The summed E-state index contributed by atoms with van der Waals surface area (Å²) < 4.78 is 1.87. The lowest BCUT2D eigenvalue weighted by atomic mass is 10.0. The number of aryl methyl sites for hydroxylation is 3. The van der Waals surface area contributed by atoms with E-state index < -0.39 is 0 Å². The van der Waals surface area contributed by atoms with Crippen LogP contribution in [0, 0.1) is 20.8 Å². The van der Waals surface area contributed by atoms with E-state index in [1.54, 1.807) is 6.20 Å². The first-order chi connectivity index (χ1) is 9.65. The van der Waals surface area contributed by atoms with E-state index in [0.29, 0.717) is 0 Å². The molecule has 3 aromatic rings. The van der Waals surface area contributed by atoms with E-state index in [1.807, 2.05) is 37.0 Å². The second-order valence-electron chi connectivity index (χ2n) is 4.92. The first-order valence-corrected chi connectivity index (χ1v) is 6.56. The van der Waals surface area contributed by atoms with Crippen molar-refractivity contribution in [1.82, 2.24) is 19.7 Å². The Bertz CT molecular complexity index is 745. The van der Waals surface area contributed by atoms with Crippen molar-refractivity contribution in [2.75, 3.05) is 0 Å². The fraction of sp³-hybridized carbons (Fsp3) is 0.188. The maximum Gasteiger partial charge on any atom is 0.125 e. The highest BCUT2D eigenvalue weighted by Crippen LogP contribution is 2.28. The van der Waals surface area contributed by atoms with E-state index in [9.17, 15) is 0 Å². The molecule has 2 heterocycles. The lowest BCUT2D eigenvalue weighted by Gasteiger charge is -2.12. The molecule has 0 aliphatic rings. The van der Waals surface area contributed by atoms with Crippen LogP contribution in [-0.4, -0.2) is 19.7 Å². The van der Waals surface area contributed by atoms with E-state index in [-0.39, 0.29) is 0 Å². The Morgan fingerprint density at radius 3 is 2.70 bits per heavy atom. The number of nitrogens with zero attached hydrogens (tertiary/aromatic N) is 4. The van der Waals surface area contributed by atoms with Crippen molar-refractivity contribution in [2.24, 2.45) is 0 Å². The molecule has 0 fully saturated rings. The second kappa shape index (κ2) is 4.89. The molecule has 2 aromatic heterocycles. The van der Waals surface area contributed by atoms with Crippen molar-refractivity contribution in [2.45, 2.75) is 20.8 Å². The van der Waals surface area contributed by atoms with E-state index in [1.165, 1.54) is 5.56 Å². The molecule has 0 radical (unpaired) electrons. The number of hydrogen-bond donors (Lipinski definition) is 0. The Morgan fingerprint density at radius 1 is 1.10 bits per heavy atom. The third kappa shape index (κ3) is 2.20. The molecule has 0 aliphatic carbocycles. The molecule has 0 atom stereocenters. The van der Waals surface area contributed by atoms with Crippen molar-refractivity contribution in [3.8, 4) is 16.9 Å². The molecule has 4 nitrogen and oxygen atoms in total. The lowest BCUT2D eigenvalue weighted by molar-refractivity contribution is 0.879. The molecule has 0 saturated carbocycles. The van der Waals surface area contributed by atoms with Crippen LogP contribution in [0.5, 0.6) is 0 Å². The SMILES string of the molecule is Cc1ccc(-c2nc(C)ncc2C)c(-n2cccn2)c1. The zero-order chi connectivity index (χ0) is 14.1. The summed E-state index contributed by atoms with van der Waals surface area (Å²) in [4.78, 5) is 8.83. The zero-order valence-electron chi connectivity index (χ0n) is 11.8. The van der Waals surface area contributed by atoms with Crippen molar-refractivity contribution in [3.63, 3.8) is 0 Å². The van der Waals surface area contributed by atoms with Crippen LogP contribution in [0.15, 0.2) is 42.9 Å². The lowest BCUT2D eigenvalue weighted by Crippen LogP contribution is -2.01. The van der Waals surface area contributed by atoms with Crippen molar-refractivity contribution >= 4 is 0 Å². The largest absolute Gasteiger partial charge is 0.241 e. The normalized spacial score (nSPS) is 10.8. The summed E-state index contributed by atoms with van der Waals surface area (Å²) in [5.41, 5.74) is 5.33. The van der Waals surface area contributed by atoms with Gasteiger partial charge in [0.1, 0.15) is 5.82 Å². The molecule has 0 saturated heterocycles. The van der Waals surface area contributed by atoms with Gasteiger partial charge in [0.15, 0.2) is 0 Å². The van der Waals surface area contributed by atoms with Crippen LogP contribution >= 0.6 is 0 Å². The Kier molecular flexibility index (Phi) is 3.06. The van der Waals surface area contributed by atoms with Gasteiger partial charge < -0.3 is 0 Å². The highest BCUT2D eigenvalue weighted by atomic mass is 15.3. The second-order valence-corrected chi connectivity index (χ2v) is 4.92. The standard InChI is InChI=1S/C16H16N4/c1-11-5-6-14(15(9-11)20-8-4-7-18-20)16-12(2)10-17-13(3)19-16/h4-10H,1-3H3. The Balaban J connectivity index is 2.26. The smallest absolute Gasteiger partial charge is 0.125 e. The first-order valence-electron chi connectivity index (χ1n) is 6.56. The number of aromatic nitrogens is 4. The van der Waals surface area contributed by atoms with Gasteiger partial charge in [0.05, 0.1) is 11.4 Å². The minimum absolute atomic E-state index is 0.776. The molecule has 0 aliphatic heterocycles. The molecule has 3 rings (SSSR count). The van der Waals surface area contributed by atoms with Crippen LogP contribution in [0.1, 0.15) is 17.0 Å². The highest BCUT2D eigenvalue weighted by Gasteiger charge is 2.12. The summed E-state index contributed by atoms with van der Waals surface area (Å²) in [6, 6.07) is 8.24. The molecule has 0 amide bonds. The van der Waals surface area contributed by atoms with Crippen LogP contribution < -0.4 is 0 Å². The topological polar surface area (TPSA) is 43.6 Å². The van der Waals surface area contributed by atoms with Gasteiger partial charge in [-0.05, 0) is 44.0 Å². The van der Waals surface area contributed by atoms with Gasteiger partial charge in [0.2, 0.25) is 0 Å². The highest BCUT2D eigenvalue weighted by molar-refractivity contribution is 5.72. The molecule has 20 heavy (non-hydrogen) atoms. The number of benzene rings is 1. The Hall–Kier alpha value is -2.49. The molecule has 1 aromatic carbocycles. The maximum absolute atomic E-state index is 4.59. The molecular weight excluding hydrogens is 248 g/mol. The third-order valence-electron chi connectivity index (χ3n) is 3.25. The Morgan fingerprint density at radius 2 is 1.95 bits per heavy atom. The molecular formula is C16H16N4. The van der Waals surface area contributed by atoms with Gasteiger partial charge in [-0.15, -0.1) is 0 Å². The fourth-order valence-electron chi connectivity index (χ4n) is 2.25. The Labute approximate surface area is 118 Å². The number of hydrogen-bond acceptors (Lipinski definition) is 3. The predicted octanol–water partition coefficient (Wildman–Crippen LogP) is 3.25. The van der Waals surface area contributed by atoms with Crippen LogP contribution in [0.2, 0.25) is 0 Å². The summed E-state index contributed by atoms with van der Waals surface area (Å²) in [7, 11) is 0. The summed E-state index contributed by atoms with van der Waals surface area (Å²) in [5.74, 6) is 0.776. The minimum atomic E-state index is 0.776. The summed E-state index contributed by atoms with van der Waals surface area (Å²) in [5, 5.41) is 4.34. The van der Waals surface area contributed by atoms with Crippen molar-refractivity contribution < 1.29 is 0 Å². The average Bonchev–Trinajstić information content (AvgIpc) is 2.96. The summed E-state index contributed by atoms with van der Waals surface area (Å²) in [6.45, 7) is 6.01. The number of rotatable bonds is 2. The van der Waals surface area contributed by atoms with E-state index >= 15 is 0 Å². The minimum Gasteiger partial charge on any atom is -0.241 e. The quantitative estimate of drug-likeness (QED) is 0.713. The van der Waals surface area contributed by atoms with Crippen LogP contribution in [0.25, 0.3) is 16.9 Å². The molecule has 0 unspecified atom stereocenters. The monoisotopic (exact) mass is 264 g/mol. The zero-order valence-corrected chi connectivity index (χ0v) is 11.8. The van der Waals surface area contributed by atoms with Crippen LogP contribution in [0.4, 0.5) is 0 Å². The van der Waals surface area contributed by atoms with Gasteiger partial charge in [0, 0.05) is 24.2 Å². The van der Waals surface area contributed by atoms with E-state index in [2.05, 4.69) is 40.2 Å². The third-order valence-corrected chi connectivity index (χ3v) is 3.25. The molecule has 0 N–H and O–H groups in total. The van der Waals surface area contributed by atoms with Crippen LogP contribution in [0.3, 0.4) is 0 Å². The molecule has 100 valence electrons. The molecule has 4 heteroatoms. The van der Waals surface area contributed by atoms with E-state index in [4.69, 9.17) is 0 Å². The summed E-state index contributed by atoms with van der Waals surface area (Å²) >= 11 is 0.